The fraction of sp³-hybridized carbons (Fsp3) is 0.714. The molecule has 2 heteroatoms. The van der Waals surface area contributed by atoms with Gasteiger partial charge in [0.1, 0.15) is 0 Å². The van der Waals surface area contributed by atoms with E-state index in [4.69, 9.17) is 0 Å². The van der Waals surface area contributed by atoms with Gasteiger partial charge in [-0.05, 0) is 20.1 Å². The Labute approximate surface area is 71.6 Å². The average molecular weight is 179 g/mol. The molecule has 1 fully saturated rings. The molecule has 0 radical (unpaired) electrons. The first kappa shape index (κ1) is 12.3. The summed E-state index contributed by atoms with van der Waals surface area (Å²) in [5.41, 5.74) is 0. The van der Waals surface area contributed by atoms with Gasteiger partial charge in [-0.25, -0.2) is 0 Å². The predicted octanol–water partition coefficient (Wildman–Crippen LogP) is 1.36. The SMILES string of the molecule is CN1CC[CH-]CC1.[CH3-].[Zn+2]. The molecule has 0 saturated carbocycles. The predicted molar refractivity (Wildman–Crippen MR) is 37.4 cm³/mol. The first-order chi connectivity index (χ1) is 3.39. The van der Waals surface area contributed by atoms with Crippen LogP contribution in [0.25, 0.3) is 0 Å². The Hall–Kier alpha value is 0.583. The van der Waals surface area contributed by atoms with Crippen LogP contribution >= 0.6 is 0 Å². The summed E-state index contributed by atoms with van der Waals surface area (Å²) in [6, 6.07) is 0. The van der Waals surface area contributed by atoms with Crippen molar-refractivity contribution in [1.82, 2.24) is 4.90 Å². The summed E-state index contributed by atoms with van der Waals surface area (Å²) < 4.78 is 0. The van der Waals surface area contributed by atoms with Gasteiger partial charge in [0, 0.05) is 0 Å². The van der Waals surface area contributed by atoms with E-state index in [0.717, 1.165) is 0 Å². The Morgan fingerprint density at radius 1 is 1.22 bits per heavy atom. The first-order valence-electron chi connectivity index (χ1n) is 2.90. The molecule has 1 nitrogen and oxygen atoms in total. The van der Waals surface area contributed by atoms with Crippen LogP contribution in [-0.2, 0) is 19.5 Å². The van der Waals surface area contributed by atoms with Crippen LogP contribution in [0.1, 0.15) is 12.8 Å². The van der Waals surface area contributed by atoms with Crippen molar-refractivity contribution < 1.29 is 19.5 Å². The fourth-order valence-electron chi connectivity index (χ4n) is 0.879. The summed E-state index contributed by atoms with van der Waals surface area (Å²) >= 11 is 0. The van der Waals surface area contributed by atoms with Crippen molar-refractivity contribution >= 4 is 0 Å². The van der Waals surface area contributed by atoms with Gasteiger partial charge in [0.2, 0.25) is 0 Å². The Morgan fingerprint density at radius 3 is 1.89 bits per heavy atom. The molecular formula is C7H15NZn. The van der Waals surface area contributed by atoms with Crippen molar-refractivity contribution in [3.63, 3.8) is 0 Å². The zero-order valence-corrected chi connectivity index (χ0v) is 9.53. The third-order valence-corrected chi connectivity index (χ3v) is 1.43. The zero-order chi connectivity index (χ0) is 5.11. The zero-order valence-electron chi connectivity index (χ0n) is 6.56. The molecule has 0 unspecified atom stereocenters. The second-order valence-electron chi connectivity index (χ2n) is 2.17. The van der Waals surface area contributed by atoms with Gasteiger partial charge in [0.05, 0.1) is 0 Å². The van der Waals surface area contributed by atoms with Crippen LogP contribution in [0.4, 0.5) is 0 Å². The summed E-state index contributed by atoms with van der Waals surface area (Å²) in [6.45, 7) is 2.53. The molecule has 0 aromatic rings. The van der Waals surface area contributed by atoms with Crippen molar-refractivity contribution in [2.45, 2.75) is 12.8 Å². The smallest absolute Gasteiger partial charge is 0.358 e. The van der Waals surface area contributed by atoms with Crippen molar-refractivity contribution in [3.05, 3.63) is 13.8 Å². The molecule has 0 atom stereocenters. The van der Waals surface area contributed by atoms with Gasteiger partial charge < -0.3 is 18.7 Å². The fourth-order valence-corrected chi connectivity index (χ4v) is 0.879. The Bertz CT molecular complexity index is 50.9. The van der Waals surface area contributed by atoms with Gasteiger partial charge in [-0.1, -0.05) is 0 Å². The molecule has 0 amide bonds. The van der Waals surface area contributed by atoms with Gasteiger partial charge in [-0.3, -0.25) is 0 Å². The number of likely N-dealkylation sites (tertiary alicyclic amines) is 1. The van der Waals surface area contributed by atoms with Crippen LogP contribution in [0.15, 0.2) is 0 Å². The van der Waals surface area contributed by atoms with E-state index < -0.39 is 0 Å². The van der Waals surface area contributed by atoms with E-state index in [2.05, 4.69) is 18.4 Å². The minimum Gasteiger partial charge on any atom is -0.358 e. The minimum absolute atomic E-state index is 0. The maximum Gasteiger partial charge on any atom is 2.00 e. The number of hydrogen-bond acceptors (Lipinski definition) is 1. The van der Waals surface area contributed by atoms with Gasteiger partial charge in [-0.15, -0.1) is 0 Å². The monoisotopic (exact) mass is 177 g/mol. The number of piperidine rings is 1. The molecule has 1 saturated heterocycles. The van der Waals surface area contributed by atoms with Gasteiger partial charge in [0.25, 0.3) is 0 Å². The van der Waals surface area contributed by atoms with Crippen molar-refractivity contribution in [3.8, 4) is 0 Å². The van der Waals surface area contributed by atoms with E-state index in [1.165, 1.54) is 25.9 Å². The Morgan fingerprint density at radius 2 is 1.67 bits per heavy atom. The molecule has 0 aliphatic carbocycles. The standard InChI is InChI=1S/C6H12N.CH3.Zn/c1-7-5-3-2-4-6-7;;/h2H,3-6H2,1H3;1H3;/q2*-1;+2. The van der Waals surface area contributed by atoms with Crippen LogP contribution in [0.5, 0.6) is 0 Å². The normalized spacial score (nSPS) is 19.7. The Balaban J connectivity index is 0. The van der Waals surface area contributed by atoms with Crippen molar-refractivity contribution in [1.29, 1.82) is 0 Å². The van der Waals surface area contributed by atoms with E-state index in [9.17, 15) is 0 Å². The molecule has 1 aliphatic rings. The minimum atomic E-state index is 0. The molecule has 1 rings (SSSR count). The summed E-state index contributed by atoms with van der Waals surface area (Å²) in [5, 5.41) is 0. The van der Waals surface area contributed by atoms with E-state index in [0.29, 0.717) is 0 Å². The van der Waals surface area contributed by atoms with Crippen molar-refractivity contribution in [2.75, 3.05) is 20.1 Å². The van der Waals surface area contributed by atoms with Gasteiger partial charge >= 0.3 is 19.5 Å². The van der Waals surface area contributed by atoms with Crippen molar-refractivity contribution in [2.24, 2.45) is 0 Å². The number of nitrogens with zero attached hydrogens (tertiary/aromatic N) is 1. The third-order valence-electron chi connectivity index (χ3n) is 1.43. The quantitative estimate of drug-likeness (QED) is 0.400. The van der Waals surface area contributed by atoms with Gasteiger partial charge in [-0.2, -0.15) is 12.8 Å². The molecule has 0 aromatic carbocycles. The summed E-state index contributed by atoms with van der Waals surface area (Å²) in [7, 11) is 2.17. The van der Waals surface area contributed by atoms with E-state index >= 15 is 0 Å². The molecule has 0 spiro atoms. The molecular weight excluding hydrogens is 163 g/mol. The molecule has 9 heavy (non-hydrogen) atoms. The molecule has 50 valence electrons. The van der Waals surface area contributed by atoms with Crippen LogP contribution in [0.3, 0.4) is 0 Å². The average Bonchev–Trinajstić information content (AvgIpc) is 1.69. The molecule has 1 aliphatic heterocycles. The summed E-state index contributed by atoms with van der Waals surface area (Å²) in [6.07, 6.45) is 4.94. The largest absolute Gasteiger partial charge is 2.00 e. The van der Waals surface area contributed by atoms with Crippen LogP contribution in [-0.4, -0.2) is 25.0 Å². The van der Waals surface area contributed by atoms with E-state index in [1.54, 1.807) is 0 Å². The second-order valence-corrected chi connectivity index (χ2v) is 2.17. The number of rotatable bonds is 0. The molecule has 0 aromatic heterocycles. The summed E-state index contributed by atoms with van der Waals surface area (Å²) in [4.78, 5) is 2.36. The second kappa shape index (κ2) is 6.70. The molecule has 0 bridgehead atoms. The van der Waals surface area contributed by atoms with E-state index in [1.807, 2.05) is 0 Å². The Kier molecular flexibility index (Phi) is 9.14. The first-order valence-corrected chi connectivity index (χ1v) is 2.90. The van der Waals surface area contributed by atoms with Crippen LogP contribution in [0.2, 0.25) is 0 Å². The van der Waals surface area contributed by atoms with Crippen LogP contribution in [0, 0.1) is 13.8 Å². The number of hydrogen-bond donors (Lipinski definition) is 0. The maximum atomic E-state index is 2.36. The topological polar surface area (TPSA) is 3.24 Å². The third kappa shape index (κ3) is 5.05. The van der Waals surface area contributed by atoms with Gasteiger partial charge in [0.15, 0.2) is 0 Å². The van der Waals surface area contributed by atoms with Crippen LogP contribution < -0.4 is 0 Å². The molecule has 1 heterocycles. The molecule has 0 N–H and O–H groups in total. The maximum absolute atomic E-state index is 2.36. The summed E-state index contributed by atoms with van der Waals surface area (Å²) in [5.74, 6) is 0. The van der Waals surface area contributed by atoms with E-state index in [-0.39, 0.29) is 26.9 Å².